The van der Waals surface area contributed by atoms with Gasteiger partial charge in [0.1, 0.15) is 23.5 Å². The predicted molar refractivity (Wildman–Crippen MR) is 110 cm³/mol. The Morgan fingerprint density at radius 3 is 2.55 bits per heavy atom. The maximum Gasteiger partial charge on any atom is 0.172 e. The molecule has 4 rings (SSSR count). The van der Waals surface area contributed by atoms with Crippen LogP contribution >= 0.6 is 0 Å². The van der Waals surface area contributed by atoms with Crippen molar-refractivity contribution in [1.29, 1.82) is 5.26 Å². The number of para-hydroxylation sites is 2. The molecule has 0 spiro atoms. The van der Waals surface area contributed by atoms with Gasteiger partial charge in [-0.2, -0.15) is 5.26 Å². The topological polar surface area (TPSA) is 80.4 Å². The smallest absolute Gasteiger partial charge is 0.172 e. The second-order valence-corrected chi connectivity index (χ2v) is 7.32. The summed E-state index contributed by atoms with van der Waals surface area (Å²) in [5.74, 6) is 0.204. The Balaban J connectivity index is 1.50. The van der Waals surface area contributed by atoms with E-state index < -0.39 is 0 Å². The Morgan fingerprint density at radius 2 is 1.90 bits per heavy atom. The van der Waals surface area contributed by atoms with Gasteiger partial charge in [-0.15, -0.1) is 0 Å². The van der Waals surface area contributed by atoms with E-state index >= 15 is 0 Å². The summed E-state index contributed by atoms with van der Waals surface area (Å²) >= 11 is 0. The van der Waals surface area contributed by atoms with Gasteiger partial charge < -0.3 is 19.9 Å². The molecule has 2 heterocycles. The summed E-state index contributed by atoms with van der Waals surface area (Å²) < 4.78 is 13.1. The van der Waals surface area contributed by atoms with Gasteiger partial charge in [-0.1, -0.05) is 12.1 Å². The molecule has 6 nitrogen and oxygen atoms in total. The first-order chi connectivity index (χ1) is 14.1. The van der Waals surface area contributed by atoms with Crippen LogP contribution in [0.15, 0.2) is 54.3 Å². The molecule has 0 amide bonds. The van der Waals surface area contributed by atoms with E-state index in [1.807, 2.05) is 31.2 Å². The lowest BCUT2D eigenvalue weighted by Gasteiger charge is -2.36. The third-order valence-corrected chi connectivity index (χ3v) is 5.61. The van der Waals surface area contributed by atoms with Gasteiger partial charge in [0.25, 0.3) is 0 Å². The van der Waals surface area contributed by atoms with Crippen molar-refractivity contribution in [2.75, 3.05) is 31.1 Å². The summed E-state index contributed by atoms with van der Waals surface area (Å²) in [6, 6.07) is 15.9. The molecule has 1 aliphatic heterocycles. The molecule has 3 aromatic rings. The molecule has 1 fully saturated rings. The number of fused-ring (bicyclic) bond motifs is 1. The van der Waals surface area contributed by atoms with Crippen LogP contribution in [0.2, 0.25) is 0 Å². The molecule has 148 valence electrons. The number of imidazole rings is 1. The molecule has 1 atom stereocenters. The highest BCUT2D eigenvalue weighted by Crippen LogP contribution is 2.20. The fraction of sp³-hybridized carbons (Fsp3) is 0.273. The minimum absolute atomic E-state index is 0.0526. The normalized spacial score (nSPS) is 17.1. The van der Waals surface area contributed by atoms with Crippen LogP contribution in [0.4, 0.5) is 10.1 Å². The number of rotatable bonds is 4. The van der Waals surface area contributed by atoms with Crippen molar-refractivity contribution in [3.8, 4) is 6.07 Å². The molecule has 1 aromatic heterocycles. The summed E-state index contributed by atoms with van der Waals surface area (Å²) in [6.45, 7) is 5.14. The minimum atomic E-state index is -0.240. The van der Waals surface area contributed by atoms with Gasteiger partial charge in [-0.25, -0.2) is 9.37 Å². The summed E-state index contributed by atoms with van der Waals surface area (Å²) in [6.07, 6.45) is 0. The number of aromatic amines is 1. The van der Waals surface area contributed by atoms with Gasteiger partial charge in [0.05, 0.1) is 37.2 Å². The van der Waals surface area contributed by atoms with E-state index in [4.69, 9.17) is 0 Å². The number of nitrogens with one attached hydrogen (secondary N) is 2. The second-order valence-electron chi connectivity index (χ2n) is 7.32. The lowest BCUT2D eigenvalue weighted by molar-refractivity contribution is -0.919. The molecular weight excluding hydrogens is 369 g/mol. The van der Waals surface area contributed by atoms with Crippen molar-refractivity contribution in [1.82, 2.24) is 9.97 Å². The average Bonchev–Trinajstić information content (AvgIpc) is 3.18. The Labute approximate surface area is 168 Å². The number of nitriles is 1. The third kappa shape index (κ3) is 3.80. The molecule has 0 radical (unpaired) electrons. The van der Waals surface area contributed by atoms with Crippen LogP contribution in [0.25, 0.3) is 16.6 Å². The van der Waals surface area contributed by atoms with Crippen molar-refractivity contribution >= 4 is 22.3 Å². The number of benzene rings is 2. The standard InChI is InChI=1S/C22H22FN5O/c1-15(27-10-12-28(13-11-27)17-8-6-16(23)7-9-17)21(29)18(14-24)22-25-19-4-2-3-5-20(19)26-22/h2-9,15,29H,10-13H2,1H3,(H,25,26)/p+1/b21-18-/t15-/m0/s1. The number of piperazine rings is 1. The summed E-state index contributed by atoms with van der Waals surface area (Å²) in [5.41, 5.74) is 2.77. The number of halogens is 1. The van der Waals surface area contributed by atoms with Crippen LogP contribution in [0, 0.1) is 17.1 Å². The molecule has 3 N–H and O–H groups in total. The van der Waals surface area contributed by atoms with E-state index in [0.29, 0.717) is 5.82 Å². The highest BCUT2D eigenvalue weighted by molar-refractivity contribution is 5.82. The molecule has 0 unspecified atom stereocenters. The molecule has 1 aliphatic rings. The zero-order valence-electron chi connectivity index (χ0n) is 16.2. The number of allylic oxidation sites excluding steroid dienone is 1. The van der Waals surface area contributed by atoms with Crippen LogP contribution in [0.5, 0.6) is 0 Å². The zero-order valence-corrected chi connectivity index (χ0v) is 16.2. The largest absolute Gasteiger partial charge is 0.505 e. The summed E-state index contributed by atoms with van der Waals surface area (Å²) in [5, 5.41) is 20.5. The van der Waals surface area contributed by atoms with Crippen molar-refractivity contribution < 1.29 is 14.4 Å². The number of quaternary nitrogens is 1. The molecule has 29 heavy (non-hydrogen) atoms. The Morgan fingerprint density at radius 1 is 1.21 bits per heavy atom. The van der Waals surface area contributed by atoms with Gasteiger partial charge >= 0.3 is 0 Å². The van der Waals surface area contributed by atoms with Gasteiger partial charge in [0.15, 0.2) is 11.6 Å². The van der Waals surface area contributed by atoms with Gasteiger partial charge in [0, 0.05) is 5.69 Å². The van der Waals surface area contributed by atoms with Crippen LogP contribution < -0.4 is 9.80 Å². The van der Waals surface area contributed by atoms with Crippen LogP contribution in [-0.4, -0.2) is 47.3 Å². The van der Waals surface area contributed by atoms with Crippen LogP contribution in [-0.2, 0) is 0 Å². The average molecular weight is 392 g/mol. The van der Waals surface area contributed by atoms with Gasteiger partial charge in [-0.3, -0.25) is 0 Å². The van der Waals surface area contributed by atoms with Crippen molar-refractivity contribution in [2.45, 2.75) is 13.0 Å². The third-order valence-electron chi connectivity index (χ3n) is 5.61. The SMILES string of the molecule is C[C@@H](/C(O)=C(\C#N)c1nc2ccccc2[nH]1)[NH+]1CCN(c2ccc(F)cc2)CC1. The zero-order chi connectivity index (χ0) is 20.4. The number of aliphatic hydroxyl groups is 1. The van der Waals surface area contributed by atoms with Crippen LogP contribution in [0.1, 0.15) is 12.7 Å². The number of anilines is 1. The maximum atomic E-state index is 13.1. The number of hydrogen-bond donors (Lipinski definition) is 3. The lowest BCUT2D eigenvalue weighted by Crippen LogP contribution is -3.18. The van der Waals surface area contributed by atoms with Crippen molar-refractivity contribution in [3.63, 3.8) is 0 Å². The first-order valence-electron chi connectivity index (χ1n) is 9.70. The van der Waals surface area contributed by atoms with Crippen molar-refractivity contribution in [3.05, 3.63) is 65.9 Å². The highest BCUT2D eigenvalue weighted by Gasteiger charge is 2.29. The van der Waals surface area contributed by atoms with E-state index in [1.54, 1.807) is 12.1 Å². The molecule has 1 saturated heterocycles. The summed E-state index contributed by atoms with van der Waals surface area (Å²) in [7, 11) is 0. The summed E-state index contributed by atoms with van der Waals surface area (Å²) in [4.78, 5) is 11.0. The van der Waals surface area contributed by atoms with E-state index in [0.717, 1.165) is 42.9 Å². The Kier molecular flexibility index (Phi) is 5.19. The molecular formula is C22H23FN5O+. The highest BCUT2D eigenvalue weighted by atomic mass is 19.1. The molecule has 2 aromatic carbocycles. The van der Waals surface area contributed by atoms with Gasteiger partial charge in [-0.05, 0) is 43.3 Å². The quantitative estimate of drug-likeness (QED) is 0.470. The van der Waals surface area contributed by atoms with Gasteiger partial charge in [0.2, 0.25) is 0 Å². The Hall–Kier alpha value is -3.37. The first-order valence-corrected chi connectivity index (χ1v) is 9.70. The fourth-order valence-corrected chi connectivity index (χ4v) is 3.85. The predicted octanol–water partition coefficient (Wildman–Crippen LogP) is 2.29. The monoisotopic (exact) mass is 392 g/mol. The number of aliphatic hydroxyl groups excluding tert-OH is 1. The number of hydrogen-bond acceptors (Lipinski definition) is 4. The second kappa shape index (κ2) is 7.94. The van der Waals surface area contributed by atoms with E-state index in [1.165, 1.54) is 17.0 Å². The molecule has 0 saturated carbocycles. The molecule has 7 heteroatoms. The lowest BCUT2D eigenvalue weighted by atomic mass is 10.1. The van der Waals surface area contributed by atoms with E-state index in [9.17, 15) is 14.8 Å². The number of aromatic nitrogens is 2. The van der Waals surface area contributed by atoms with Crippen molar-refractivity contribution in [2.24, 2.45) is 0 Å². The molecule has 0 bridgehead atoms. The molecule has 0 aliphatic carbocycles. The Bertz CT molecular complexity index is 1040. The number of H-pyrrole nitrogens is 1. The van der Waals surface area contributed by atoms with E-state index in [2.05, 4.69) is 20.9 Å². The number of nitrogens with zero attached hydrogens (tertiary/aromatic N) is 3. The van der Waals surface area contributed by atoms with Crippen LogP contribution in [0.3, 0.4) is 0 Å². The fourth-order valence-electron chi connectivity index (χ4n) is 3.85. The first kappa shape index (κ1) is 19.0. The maximum absolute atomic E-state index is 13.1. The van der Waals surface area contributed by atoms with E-state index in [-0.39, 0.29) is 23.2 Å². The minimum Gasteiger partial charge on any atom is -0.505 e.